The Morgan fingerprint density at radius 3 is 2.18 bits per heavy atom. The van der Waals surface area contributed by atoms with Gasteiger partial charge < -0.3 is 10.1 Å². The molecule has 2 aromatic rings. The van der Waals surface area contributed by atoms with Gasteiger partial charge >= 0.3 is 0 Å². The van der Waals surface area contributed by atoms with Crippen molar-refractivity contribution in [2.24, 2.45) is 5.10 Å². The van der Waals surface area contributed by atoms with Crippen molar-refractivity contribution in [3.05, 3.63) is 58.7 Å². The molecule has 148 valence electrons. The zero-order valence-electron chi connectivity index (χ0n) is 17.1. The minimum absolute atomic E-state index is 0.107. The SMILES string of the molecule is COc1ccc(CC(=O)N/N=C(/C)CC(=O)Nc2c(C)cc(C)cc2C)cc1. The highest BCUT2D eigenvalue weighted by atomic mass is 16.5. The molecule has 2 amide bonds. The molecule has 0 fully saturated rings. The maximum absolute atomic E-state index is 12.3. The summed E-state index contributed by atoms with van der Waals surface area (Å²) in [4.78, 5) is 24.3. The first-order valence-corrected chi connectivity index (χ1v) is 9.11. The van der Waals surface area contributed by atoms with E-state index in [0.717, 1.165) is 33.7 Å². The lowest BCUT2D eigenvalue weighted by Gasteiger charge is -2.12. The molecule has 2 rings (SSSR count). The maximum atomic E-state index is 12.3. The predicted molar refractivity (Wildman–Crippen MR) is 112 cm³/mol. The Labute approximate surface area is 166 Å². The summed E-state index contributed by atoms with van der Waals surface area (Å²) in [6.45, 7) is 7.67. The third-order valence-electron chi connectivity index (χ3n) is 4.25. The summed E-state index contributed by atoms with van der Waals surface area (Å²) in [7, 11) is 1.59. The molecule has 0 aliphatic rings. The fraction of sp³-hybridized carbons (Fsp3) is 0.318. The molecule has 0 saturated carbocycles. The monoisotopic (exact) mass is 381 g/mol. The minimum atomic E-state index is -0.241. The number of hydrazone groups is 1. The molecular weight excluding hydrogens is 354 g/mol. The van der Waals surface area contributed by atoms with Gasteiger partial charge in [-0.2, -0.15) is 5.10 Å². The molecule has 6 heteroatoms. The van der Waals surface area contributed by atoms with Crippen molar-refractivity contribution in [1.29, 1.82) is 0 Å². The van der Waals surface area contributed by atoms with E-state index in [2.05, 4.69) is 15.8 Å². The predicted octanol–water partition coefficient (Wildman–Crippen LogP) is 3.68. The second-order valence-electron chi connectivity index (χ2n) is 6.91. The van der Waals surface area contributed by atoms with Gasteiger partial charge in [-0.3, -0.25) is 9.59 Å². The molecule has 6 nitrogen and oxygen atoms in total. The average molecular weight is 381 g/mol. The smallest absolute Gasteiger partial charge is 0.244 e. The second kappa shape index (κ2) is 9.69. The summed E-state index contributed by atoms with van der Waals surface area (Å²) in [6, 6.07) is 11.3. The Bertz CT molecular complexity index is 863. The lowest BCUT2D eigenvalue weighted by molar-refractivity contribution is -0.120. The van der Waals surface area contributed by atoms with Crippen molar-refractivity contribution in [2.45, 2.75) is 40.5 Å². The number of nitrogens with one attached hydrogen (secondary N) is 2. The van der Waals surface area contributed by atoms with Crippen molar-refractivity contribution >= 4 is 23.2 Å². The second-order valence-corrected chi connectivity index (χ2v) is 6.91. The number of carbonyl (C=O) groups is 2. The van der Waals surface area contributed by atoms with E-state index >= 15 is 0 Å². The first-order valence-electron chi connectivity index (χ1n) is 9.11. The van der Waals surface area contributed by atoms with Crippen LogP contribution in [0, 0.1) is 20.8 Å². The van der Waals surface area contributed by atoms with Gasteiger partial charge in [-0.1, -0.05) is 29.8 Å². The third kappa shape index (κ3) is 6.23. The maximum Gasteiger partial charge on any atom is 0.244 e. The average Bonchev–Trinajstić information content (AvgIpc) is 2.63. The Kier molecular flexibility index (Phi) is 7.32. The number of ether oxygens (including phenoxy) is 1. The quantitative estimate of drug-likeness (QED) is 0.567. The zero-order chi connectivity index (χ0) is 20.7. The first kappa shape index (κ1) is 21.2. The molecule has 0 bridgehead atoms. The van der Waals surface area contributed by atoms with E-state index in [0.29, 0.717) is 5.71 Å². The highest BCUT2D eigenvalue weighted by Crippen LogP contribution is 2.22. The van der Waals surface area contributed by atoms with E-state index in [-0.39, 0.29) is 24.7 Å². The first-order chi connectivity index (χ1) is 13.3. The van der Waals surface area contributed by atoms with Gasteiger partial charge in [0, 0.05) is 11.4 Å². The van der Waals surface area contributed by atoms with Crippen LogP contribution in [-0.4, -0.2) is 24.6 Å². The van der Waals surface area contributed by atoms with Gasteiger partial charge in [-0.25, -0.2) is 5.43 Å². The van der Waals surface area contributed by atoms with Gasteiger partial charge in [-0.15, -0.1) is 0 Å². The largest absolute Gasteiger partial charge is 0.497 e. The molecule has 0 heterocycles. The standard InChI is InChI=1S/C22H27N3O3/c1-14-10-15(2)22(16(3)11-14)23-20(26)12-17(4)24-25-21(27)13-18-6-8-19(28-5)9-7-18/h6-11H,12-13H2,1-5H3,(H,23,26)(H,25,27)/b24-17-. The van der Waals surface area contributed by atoms with Crippen LogP contribution in [0.4, 0.5) is 5.69 Å². The van der Waals surface area contributed by atoms with Crippen LogP contribution in [0.1, 0.15) is 35.6 Å². The van der Waals surface area contributed by atoms with E-state index in [1.807, 2.05) is 45.0 Å². The van der Waals surface area contributed by atoms with Crippen molar-refractivity contribution in [1.82, 2.24) is 5.43 Å². The summed E-state index contributed by atoms with van der Waals surface area (Å²) < 4.78 is 5.09. The number of hydrogen-bond donors (Lipinski definition) is 2. The van der Waals surface area contributed by atoms with Crippen LogP contribution in [0.5, 0.6) is 5.75 Å². The van der Waals surface area contributed by atoms with Crippen LogP contribution in [0.25, 0.3) is 0 Å². The van der Waals surface area contributed by atoms with Crippen LogP contribution in [0.2, 0.25) is 0 Å². The summed E-state index contributed by atoms with van der Waals surface area (Å²) in [5.74, 6) is 0.332. The lowest BCUT2D eigenvalue weighted by Crippen LogP contribution is -2.23. The summed E-state index contributed by atoms with van der Waals surface area (Å²) >= 11 is 0. The van der Waals surface area contributed by atoms with E-state index in [1.54, 1.807) is 26.2 Å². The number of carbonyl (C=O) groups excluding carboxylic acids is 2. The molecule has 2 N–H and O–H groups in total. The van der Waals surface area contributed by atoms with Crippen LogP contribution in [-0.2, 0) is 16.0 Å². The molecule has 0 unspecified atom stereocenters. The molecule has 0 saturated heterocycles. The molecule has 0 radical (unpaired) electrons. The van der Waals surface area contributed by atoms with Gasteiger partial charge in [0.1, 0.15) is 5.75 Å². The van der Waals surface area contributed by atoms with Crippen LogP contribution in [0.15, 0.2) is 41.5 Å². The van der Waals surface area contributed by atoms with Crippen LogP contribution < -0.4 is 15.5 Å². The lowest BCUT2D eigenvalue weighted by atomic mass is 10.0. The van der Waals surface area contributed by atoms with Crippen LogP contribution >= 0.6 is 0 Å². The van der Waals surface area contributed by atoms with E-state index in [9.17, 15) is 9.59 Å². The van der Waals surface area contributed by atoms with Gasteiger partial charge in [0.05, 0.1) is 20.0 Å². The van der Waals surface area contributed by atoms with Crippen molar-refractivity contribution in [3.8, 4) is 5.75 Å². The third-order valence-corrected chi connectivity index (χ3v) is 4.25. The Morgan fingerprint density at radius 2 is 1.61 bits per heavy atom. The molecule has 0 spiro atoms. The normalized spacial score (nSPS) is 11.1. The highest BCUT2D eigenvalue weighted by molar-refractivity contribution is 6.06. The fourth-order valence-corrected chi connectivity index (χ4v) is 2.96. The van der Waals surface area contributed by atoms with Gasteiger partial charge in [0.2, 0.25) is 11.8 Å². The number of anilines is 1. The van der Waals surface area contributed by atoms with Crippen molar-refractivity contribution in [3.63, 3.8) is 0 Å². The van der Waals surface area contributed by atoms with E-state index < -0.39 is 0 Å². The number of rotatable bonds is 7. The Morgan fingerprint density at radius 1 is 1.00 bits per heavy atom. The zero-order valence-corrected chi connectivity index (χ0v) is 17.1. The number of amides is 2. The van der Waals surface area contributed by atoms with E-state index in [1.165, 1.54) is 0 Å². The van der Waals surface area contributed by atoms with Gasteiger partial charge in [0.25, 0.3) is 0 Å². The minimum Gasteiger partial charge on any atom is -0.497 e. The van der Waals surface area contributed by atoms with Gasteiger partial charge in [0.15, 0.2) is 0 Å². The highest BCUT2D eigenvalue weighted by Gasteiger charge is 2.10. The molecule has 28 heavy (non-hydrogen) atoms. The molecular formula is C22H27N3O3. The molecule has 2 aromatic carbocycles. The Hall–Kier alpha value is -3.15. The fourth-order valence-electron chi connectivity index (χ4n) is 2.96. The van der Waals surface area contributed by atoms with Crippen molar-refractivity contribution < 1.29 is 14.3 Å². The van der Waals surface area contributed by atoms with Crippen LogP contribution in [0.3, 0.4) is 0 Å². The number of aryl methyl sites for hydroxylation is 3. The summed E-state index contributed by atoms with van der Waals surface area (Å²) in [5.41, 5.74) is 7.91. The molecule has 0 atom stereocenters. The Balaban J connectivity index is 1.87. The number of nitrogens with zero attached hydrogens (tertiary/aromatic N) is 1. The summed E-state index contributed by atoms with van der Waals surface area (Å²) in [6.07, 6.45) is 0.310. The van der Waals surface area contributed by atoms with Crippen molar-refractivity contribution in [2.75, 3.05) is 12.4 Å². The summed E-state index contributed by atoms with van der Waals surface area (Å²) in [5, 5.41) is 6.96. The topological polar surface area (TPSA) is 79.8 Å². The molecule has 0 aliphatic heterocycles. The number of benzene rings is 2. The number of methoxy groups -OCH3 is 1. The van der Waals surface area contributed by atoms with E-state index in [4.69, 9.17) is 4.74 Å². The van der Waals surface area contributed by atoms with Gasteiger partial charge in [-0.05, 0) is 56.5 Å². The molecule has 0 aliphatic carbocycles. The molecule has 0 aromatic heterocycles. The number of hydrogen-bond acceptors (Lipinski definition) is 4.